The third kappa shape index (κ3) is 3.80. The van der Waals surface area contributed by atoms with Gasteiger partial charge in [-0.15, -0.1) is 0 Å². The second kappa shape index (κ2) is 7.31. The monoisotopic (exact) mass is 335 g/mol. The highest BCUT2D eigenvalue weighted by molar-refractivity contribution is 5.28. The van der Waals surface area contributed by atoms with Crippen LogP contribution in [0.4, 0.5) is 0 Å². The molecular weight excluding hydrogens is 306 g/mol. The van der Waals surface area contributed by atoms with Gasteiger partial charge in [0.2, 0.25) is 0 Å². The first-order valence-corrected chi connectivity index (χ1v) is 9.66. The number of hydrogen-bond acceptors (Lipinski definition) is 2. The van der Waals surface area contributed by atoms with Crippen molar-refractivity contribution in [2.24, 2.45) is 5.92 Å². The molecule has 25 heavy (non-hydrogen) atoms. The topological polar surface area (TPSA) is 12.5 Å². The van der Waals surface area contributed by atoms with E-state index >= 15 is 0 Å². The van der Waals surface area contributed by atoms with Crippen LogP contribution in [0.2, 0.25) is 0 Å². The Labute approximate surface area is 151 Å². The van der Waals surface area contributed by atoms with E-state index in [0.29, 0.717) is 12.1 Å². The van der Waals surface area contributed by atoms with Crippen LogP contribution in [-0.2, 0) is 17.8 Å². The first-order chi connectivity index (χ1) is 12.2. The molecule has 3 saturated heterocycles. The molecule has 0 saturated carbocycles. The van der Waals surface area contributed by atoms with Crippen LogP contribution in [-0.4, -0.2) is 30.1 Å². The molecule has 2 atom stereocenters. The van der Waals surface area contributed by atoms with Gasteiger partial charge >= 0.3 is 0 Å². The Morgan fingerprint density at radius 3 is 2.28 bits per heavy atom. The highest BCUT2D eigenvalue weighted by atomic mass is 16.5. The predicted octanol–water partition coefficient (Wildman–Crippen LogP) is 4.53. The van der Waals surface area contributed by atoms with Gasteiger partial charge in [-0.1, -0.05) is 59.7 Å². The molecule has 3 heterocycles. The molecule has 0 spiro atoms. The Balaban J connectivity index is 1.49. The molecule has 5 rings (SSSR count). The third-order valence-electron chi connectivity index (χ3n) is 5.90. The number of piperidine rings is 3. The molecule has 2 bridgehead atoms. The number of fused-ring (bicyclic) bond motifs is 3. The third-order valence-corrected chi connectivity index (χ3v) is 5.90. The number of hydrogen-bond donors (Lipinski definition) is 0. The van der Waals surface area contributed by atoms with Gasteiger partial charge in [-0.3, -0.25) is 4.90 Å². The Hall–Kier alpha value is -1.64. The average Bonchev–Trinajstić information content (AvgIpc) is 2.62. The summed E-state index contributed by atoms with van der Waals surface area (Å²) < 4.78 is 6.56. The highest BCUT2D eigenvalue weighted by Gasteiger charge is 2.42. The van der Waals surface area contributed by atoms with Crippen molar-refractivity contribution in [2.75, 3.05) is 13.1 Å². The lowest BCUT2D eigenvalue weighted by Crippen LogP contribution is -2.59. The van der Waals surface area contributed by atoms with E-state index in [0.717, 1.165) is 18.9 Å². The maximum atomic E-state index is 6.56. The summed E-state index contributed by atoms with van der Waals surface area (Å²) in [5.41, 5.74) is 5.40. The molecule has 0 N–H and O–H groups in total. The van der Waals surface area contributed by atoms with E-state index in [4.69, 9.17) is 4.74 Å². The summed E-state index contributed by atoms with van der Waals surface area (Å²) in [7, 11) is 0. The maximum Gasteiger partial charge on any atom is 0.0767 e. The van der Waals surface area contributed by atoms with Crippen molar-refractivity contribution in [1.82, 2.24) is 4.90 Å². The molecule has 2 aromatic rings. The van der Waals surface area contributed by atoms with Crippen LogP contribution in [0.5, 0.6) is 0 Å². The van der Waals surface area contributed by atoms with Gasteiger partial charge in [-0.25, -0.2) is 0 Å². The van der Waals surface area contributed by atoms with Crippen LogP contribution in [0, 0.1) is 19.8 Å². The molecule has 2 nitrogen and oxygen atoms in total. The Morgan fingerprint density at radius 1 is 0.920 bits per heavy atom. The summed E-state index contributed by atoms with van der Waals surface area (Å²) in [6.07, 6.45) is 4.06. The van der Waals surface area contributed by atoms with Crippen molar-refractivity contribution in [3.05, 3.63) is 70.8 Å². The zero-order valence-corrected chi connectivity index (χ0v) is 15.4. The first-order valence-electron chi connectivity index (χ1n) is 9.66. The number of nitrogens with zero attached hydrogens (tertiary/aromatic N) is 1. The van der Waals surface area contributed by atoms with Crippen molar-refractivity contribution in [3.63, 3.8) is 0 Å². The molecule has 0 aliphatic carbocycles. The van der Waals surface area contributed by atoms with Crippen LogP contribution in [0.1, 0.15) is 35.1 Å². The minimum atomic E-state index is 0.364. The summed E-state index contributed by atoms with van der Waals surface area (Å²) >= 11 is 0. The van der Waals surface area contributed by atoms with Crippen molar-refractivity contribution in [2.45, 2.75) is 51.9 Å². The zero-order chi connectivity index (χ0) is 17.2. The minimum absolute atomic E-state index is 0.364. The highest BCUT2D eigenvalue weighted by Crippen LogP contribution is 2.36. The van der Waals surface area contributed by atoms with Gasteiger partial charge < -0.3 is 4.74 Å². The van der Waals surface area contributed by atoms with E-state index in [-0.39, 0.29) is 0 Å². The second-order valence-electron chi connectivity index (χ2n) is 7.90. The van der Waals surface area contributed by atoms with Crippen molar-refractivity contribution in [3.8, 4) is 0 Å². The molecule has 3 aliphatic rings. The van der Waals surface area contributed by atoms with E-state index in [1.54, 1.807) is 0 Å². The number of ether oxygens (including phenoxy) is 1. The van der Waals surface area contributed by atoms with Crippen molar-refractivity contribution >= 4 is 0 Å². The Morgan fingerprint density at radius 2 is 1.60 bits per heavy atom. The molecular formula is C23H29NO. The fraction of sp³-hybridized carbons (Fsp3) is 0.478. The lowest BCUT2D eigenvalue weighted by Gasteiger charge is -2.50. The van der Waals surface area contributed by atoms with E-state index < -0.39 is 0 Å². The summed E-state index contributed by atoms with van der Waals surface area (Å²) in [5.74, 6) is 0.726. The Bertz CT molecular complexity index is 683. The van der Waals surface area contributed by atoms with Gasteiger partial charge in [-0.05, 0) is 63.2 Å². The Kier molecular flexibility index (Phi) is 4.91. The van der Waals surface area contributed by atoms with Crippen LogP contribution in [0.3, 0.4) is 0 Å². The molecule has 0 radical (unpaired) electrons. The molecule has 3 aliphatic heterocycles. The smallest absolute Gasteiger partial charge is 0.0767 e. The van der Waals surface area contributed by atoms with Crippen LogP contribution in [0.15, 0.2) is 48.5 Å². The van der Waals surface area contributed by atoms with Crippen molar-refractivity contribution < 1.29 is 4.74 Å². The van der Waals surface area contributed by atoms with Crippen LogP contribution in [0.25, 0.3) is 0 Å². The van der Waals surface area contributed by atoms with Crippen LogP contribution < -0.4 is 0 Å². The fourth-order valence-corrected chi connectivity index (χ4v) is 4.79. The fourth-order valence-electron chi connectivity index (χ4n) is 4.79. The number of rotatable bonds is 5. The summed E-state index contributed by atoms with van der Waals surface area (Å²) in [6.45, 7) is 7.56. The lowest BCUT2D eigenvalue weighted by atomic mass is 9.78. The zero-order valence-electron chi connectivity index (χ0n) is 15.4. The molecule has 2 unspecified atom stereocenters. The summed E-state index contributed by atoms with van der Waals surface area (Å²) in [5, 5.41) is 0. The molecule has 2 heteroatoms. The van der Waals surface area contributed by atoms with Crippen molar-refractivity contribution in [1.29, 1.82) is 0 Å². The summed E-state index contributed by atoms with van der Waals surface area (Å²) in [6, 6.07) is 18.2. The molecule has 0 aromatic heterocycles. The molecule has 3 fully saturated rings. The van der Waals surface area contributed by atoms with E-state index in [9.17, 15) is 0 Å². The largest absolute Gasteiger partial charge is 0.372 e. The standard InChI is InChI=1S/C23H29NO/c1-17-12-18(2)14-20(13-17)16-25-23-21-8-10-24(11-9-21)22(23)15-19-6-4-3-5-7-19/h3-7,12-14,21-23H,8-11,15-16H2,1-2H3. The van der Waals surface area contributed by atoms with Gasteiger partial charge in [0.25, 0.3) is 0 Å². The number of aryl methyl sites for hydroxylation is 2. The van der Waals surface area contributed by atoms with Gasteiger partial charge in [0.1, 0.15) is 0 Å². The molecule has 132 valence electrons. The number of benzene rings is 2. The van der Waals surface area contributed by atoms with Gasteiger partial charge in [0.05, 0.1) is 12.7 Å². The van der Waals surface area contributed by atoms with Crippen LogP contribution >= 0.6 is 0 Å². The second-order valence-corrected chi connectivity index (χ2v) is 7.90. The van der Waals surface area contributed by atoms with E-state index in [1.165, 1.54) is 48.2 Å². The minimum Gasteiger partial charge on any atom is -0.372 e. The predicted molar refractivity (Wildman–Crippen MR) is 103 cm³/mol. The lowest BCUT2D eigenvalue weighted by molar-refractivity contribution is -0.115. The normalized spacial score (nSPS) is 28.2. The quantitative estimate of drug-likeness (QED) is 0.796. The van der Waals surface area contributed by atoms with Gasteiger partial charge in [0.15, 0.2) is 0 Å². The molecule has 2 aromatic carbocycles. The van der Waals surface area contributed by atoms with E-state index in [1.807, 2.05) is 0 Å². The first kappa shape index (κ1) is 16.8. The SMILES string of the molecule is Cc1cc(C)cc(COC2C3CCN(CC3)C2Cc2ccccc2)c1. The molecule has 0 amide bonds. The van der Waals surface area contributed by atoms with Gasteiger partial charge in [0, 0.05) is 6.04 Å². The van der Waals surface area contributed by atoms with E-state index in [2.05, 4.69) is 67.3 Å². The van der Waals surface area contributed by atoms with Gasteiger partial charge in [-0.2, -0.15) is 0 Å². The summed E-state index contributed by atoms with van der Waals surface area (Å²) in [4.78, 5) is 2.67. The average molecular weight is 335 g/mol. The maximum absolute atomic E-state index is 6.56.